The Labute approximate surface area is 140 Å². The maximum atomic E-state index is 11.3. The van der Waals surface area contributed by atoms with Crippen LogP contribution < -0.4 is 0 Å². The lowest BCUT2D eigenvalue weighted by Gasteiger charge is -2.31. The first kappa shape index (κ1) is 17.9. The Bertz CT molecular complexity index is 646. The van der Waals surface area contributed by atoms with Gasteiger partial charge < -0.3 is 14.2 Å². The normalized spacial score (nSPS) is 22.7. The minimum atomic E-state index is -0.616. The molecule has 2 rings (SSSR count). The molecule has 0 saturated carbocycles. The van der Waals surface area contributed by atoms with E-state index in [1.54, 1.807) is 36.4 Å². The summed E-state index contributed by atoms with van der Waals surface area (Å²) in [5.41, 5.74) is 1.47. The standard InChI is InChI=1S/C18H20O6/c1-11(19)14-4-6-15(7-5-14)16-8-9-17(23-13(3)21)18(24-16)10-22-12(2)20/h4-9,16-18H,10H2,1-3H3/t16-,17+,18+/m0/s1. The van der Waals surface area contributed by atoms with E-state index in [0.29, 0.717) is 5.56 Å². The summed E-state index contributed by atoms with van der Waals surface area (Å²) in [5.74, 6) is -0.883. The van der Waals surface area contributed by atoms with Crippen molar-refractivity contribution in [1.82, 2.24) is 0 Å². The summed E-state index contributed by atoms with van der Waals surface area (Å²) in [6.07, 6.45) is 1.91. The van der Waals surface area contributed by atoms with Gasteiger partial charge >= 0.3 is 11.9 Å². The topological polar surface area (TPSA) is 78.9 Å². The number of rotatable bonds is 5. The van der Waals surface area contributed by atoms with Crippen molar-refractivity contribution in [2.45, 2.75) is 39.1 Å². The second kappa shape index (κ2) is 7.88. The Kier molecular flexibility index (Phi) is 5.87. The monoisotopic (exact) mass is 332 g/mol. The fraction of sp³-hybridized carbons (Fsp3) is 0.389. The third-order valence-electron chi connectivity index (χ3n) is 3.56. The lowest BCUT2D eigenvalue weighted by molar-refractivity contribution is -0.163. The lowest BCUT2D eigenvalue weighted by atomic mass is 10.0. The first-order chi connectivity index (χ1) is 11.4. The zero-order valence-electron chi connectivity index (χ0n) is 13.9. The average Bonchev–Trinajstić information content (AvgIpc) is 2.53. The van der Waals surface area contributed by atoms with Crippen LogP contribution in [0.5, 0.6) is 0 Å². The van der Waals surface area contributed by atoms with Gasteiger partial charge in [-0.25, -0.2) is 0 Å². The van der Waals surface area contributed by atoms with Crippen LogP contribution in [0.4, 0.5) is 0 Å². The average molecular weight is 332 g/mol. The maximum absolute atomic E-state index is 11.3. The predicted octanol–water partition coefficient (Wildman–Crippen LogP) is 2.38. The SMILES string of the molecule is CC(=O)OC[C@H]1O[C@H](c2ccc(C(C)=O)cc2)C=C[C@H]1OC(C)=O. The van der Waals surface area contributed by atoms with Crippen LogP contribution in [0.3, 0.4) is 0 Å². The molecule has 0 fully saturated rings. The summed E-state index contributed by atoms with van der Waals surface area (Å²) in [6.45, 7) is 4.10. The van der Waals surface area contributed by atoms with E-state index in [9.17, 15) is 14.4 Å². The summed E-state index contributed by atoms with van der Waals surface area (Å²) >= 11 is 0. The predicted molar refractivity (Wildman–Crippen MR) is 85.4 cm³/mol. The fourth-order valence-corrected chi connectivity index (χ4v) is 2.38. The smallest absolute Gasteiger partial charge is 0.303 e. The fourth-order valence-electron chi connectivity index (χ4n) is 2.38. The van der Waals surface area contributed by atoms with Gasteiger partial charge in [-0.05, 0) is 18.6 Å². The number of benzene rings is 1. The molecule has 0 spiro atoms. The van der Waals surface area contributed by atoms with E-state index in [0.717, 1.165) is 5.56 Å². The summed E-state index contributed by atoms with van der Waals surface area (Å²) in [7, 11) is 0. The molecule has 0 aromatic heterocycles. The van der Waals surface area contributed by atoms with Gasteiger partial charge in [0.2, 0.25) is 0 Å². The molecular weight excluding hydrogens is 312 g/mol. The lowest BCUT2D eigenvalue weighted by Crippen LogP contribution is -2.39. The number of carbonyl (C=O) groups is 3. The summed E-state index contributed by atoms with van der Waals surface area (Å²) in [5, 5.41) is 0. The molecule has 1 aromatic rings. The largest absolute Gasteiger partial charge is 0.463 e. The van der Waals surface area contributed by atoms with Gasteiger partial charge in [0.1, 0.15) is 24.9 Å². The van der Waals surface area contributed by atoms with Gasteiger partial charge in [0.15, 0.2) is 5.78 Å². The summed E-state index contributed by atoms with van der Waals surface area (Å²) in [6, 6.07) is 7.07. The van der Waals surface area contributed by atoms with Crippen LogP contribution in [0.15, 0.2) is 36.4 Å². The van der Waals surface area contributed by atoms with Crippen molar-refractivity contribution in [2.75, 3.05) is 6.61 Å². The molecule has 0 saturated heterocycles. The van der Waals surface area contributed by atoms with Gasteiger partial charge in [0.05, 0.1) is 0 Å². The van der Waals surface area contributed by atoms with E-state index in [-0.39, 0.29) is 18.5 Å². The van der Waals surface area contributed by atoms with Crippen molar-refractivity contribution in [3.63, 3.8) is 0 Å². The quantitative estimate of drug-likeness (QED) is 0.468. The van der Waals surface area contributed by atoms with E-state index in [4.69, 9.17) is 14.2 Å². The maximum Gasteiger partial charge on any atom is 0.303 e. The third kappa shape index (κ3) is 4.76. The Morgan fingerprint density at radius 3 is 2.21 bits per heavy atom. The van der Waals surface area contributed by atoms with Gasteiger partial charge in [0, 0.05) is 19.4 Å². The van der Waals surface area contributed by atoms with Crippen LogP contribution in [0.1, 0.15) is 42.8 Å². The van der Waals surface area contributed by atoms with Gasteiger partial charge in [-0.3, -0.25) is 14.4 Å². The molecule has 128 valence electrons. The Morgan fingerprint density at radius 2 is 1.67 bits per heavy atom. The third-order valence-corrected chi connectivity index (χ3v) is 3.56. The first-order valence-corrected chi connectivity index (χ1v) is 7.62. The Hall–Kier alpha value is -2.47. The first-order valence-electron chi connectivity index (χ1n) is 7.62. The van der Waals surface area contributed by atoms with Gasteiger partial charge in [-0.2, -0.15) is 0 Å². The van der Waals surface area contributed by atoms with E-state index < -0.39 is 24.1 Å². The minimum absolute atomic E-state index is 0.00990. The molecule has 0 unspecified atom stereocenters. The van der Waals surface area contributed by atoms with Crippen LogP contribution in [0, 0.1) is 0 Å². The van der Waals surface area contributed by atoms with Crippen molar-refractivity contribution >= 4 is 17.7 Å². The number of hydrogen-bond donors (Lipinski definition) is 0. The minimum Gasteiger partial charge on any atom is -0.463 e. The van der Waals surface area contributed by atoms with Crippen molar-refractivity contribution in [1.29, 1.82) is 0 Å². The molecule has 0 amide bonds. The molecule has 1 aliphatic heterocycles. The van der Waals surface area contributed by atoms with Crippen molar-refractivity contribution in [2.24, 2.45) is 0 Å². The number of ether oxygens (including phenoxy) is 3. The number of Topliss-reactive ketones (excluding diaryl/α,β-unsaturated/α-hetero) is 1. The van der Waals surface area contributed by atoms with E-state index in [1.807, 2.05) is 0 Å². The van der Waals surface area contributed by atoms with E-state index in [2.05, 4.69) is 0 Å². The highest BCUT2D eigenvalue weighted by Crippen LogP contribution is 2.28. The van der Waals surface area contributed by atoms with Crippen LogP contribution >= 0.6 is 0 Å². The number of ketones is 1. The molecule has 24 heavy (non-hydrogen) atoms. The highest BCUT2D eigenvalue weighted by molar-refractivity contribution is 5.94. The van der Waals surface area contributed by atoms with Gasteiger partial charge in [0.25, 0.3) is 0 Å². The molecule has 0 N–H and O–H groups in total. The summed E-state index contributed by atoms with van der Waals surface area (Å²) < 4.78 is 16.1. The molecule has 3 atom stereocenters. The zero-order chi connectivity index (χ0) is 17.7. The number of esters is 2. The van der Waals surface area contributed by atoms with E-state index >= 15 is 0 Å². The second-order valence-corrected chi connectivity index (χ2v) is 5.53. The van der Waals surface area contributed by atoms with Crippen molar-refractivity contribution < 1.29 is 28.6 Å². The van der Waals surface area contributed by atoms with Crippen molar-refractivity contribution in [3.05, 3.63) is 47.5 Å². The second-order valence-electron chi connectivity index (χ2n) is 5.53. The van der Waals surface area contributed by atoms with Crippen molar-refractivity contribution in [3.8, 4) is 0 Å². The zero-order valence-corrected chi connectivity index (χ0v) is 13.9. The number of hydrogen-bond acceptors (Lipinski definition) is 6. The van der Waals surface area contributed by atoms with E-state index in [1.165, 1.54) is 20.8 Å². The molecule has 1 heterocycles. The molecule has 6 nitrogen and oxygen atoms in total. The van der Waals surface area contributed by atoms with Crippen LogP contribution in [0.25, 0.3) is 0 Å². The molecular formula is C18H20O6. The molecule has 0 bridgehead atoms. The van der Waals surface area contributed by atoms with Gasteiger partial charge in [-0.1, -0.05) is 30.3 Å². The molecule has 0 radical (unpaired) electrons. The highest BCUT2D eigenvalue weighted by atomic mass is 16.6. The summed E-state index contributed by atoms with van der Waals surface area (Å²) in [4.78, 5) is 33.6. The molecule has 0 aliphatic carbocycles. The van der Waals surface area contributed by atoms with Gasteiger partial charge in [-0.15, -0.1) is 0 Å². The number of carbonyl (C=O) groups excluding carboxylic acids is 3. The molecule has 1 aliphatic rings. The molecule has 1 aromatic carbocycles. The Morgan fingerprint density at radius 1 is 1.00 bits per heavy atom. The van der Waals surface area contributed by atoms with Crippen LogP contribution in [0.2, 0.25) is 0 Å². The van der Waals surface area contributed by atoms with Crippen LogP contribution in [-0.4, -0.2) is 36.5 Å². The van der Waals surface area contributed by atoms with Crippen LogP contribution in [-0.2, 0) is 23.8 Å². The molecule has 6 heteroatoms. The Balaban J connectivity index is 2.15. The highest BCUT2D eigenvalue weighted by Gasteiger charge is 2.31.